The van der Waals surface area contributed by atoms with Gasteiger partial charge in [-0.25, -0.2) is 0 Å². The average molecular weight is 390 g/mol. The third-order valence-corrected chi connectivity index (χ3v) is 2.83. The summed E-state index contributed by atoms with van der Waals surface area (Å²) < 4.78 is 0. The van der Waals surface area contributed by atoms with Crippen LogP contribution in [0.2, 0.25) is 0 Å². The van der Waals surface area contributed by atoms with E-state index in [9.17, 15) is 39.6 Å². The Balaban J connectivity index is -0.000000602. The Morgan fingerprint density at radius 3 is 0.826 bits per heavy atom. The fourth-order valence-corrected chi connectivity index (χ4v) is 1.86. The van der Waals surface area contributed by atoms with Crippen LogP contribution in [0.1, 0.15) is 25.7 Å². The summed E-state index contributed by atoms with van der Waals surface area (Å²) in [6.45, 7) is 0. The maximum atomic E-state index is 10.6. The Labute approximate surface area is 186 Å². The van der Waals surface area contributed by atoms with Crippen molar-refractivity contribution in [3.8, 4) is 0 Å². The van der Waals surface area contributed by atoms with Crippen molar-refractivity contribution in [3.63, 3.8) is 0 Å². The average Bonchev–Trinajstić information content (AvgIpc) is 2.10. The molecule has 0 unspecified atom stereocenters. The number of nitrogens with two attached hydrogens (primary N) is 2. The van der Waals surface area contributed by atoms with Crippen LogP contribution in [0, 0.1) is 0 Å². The van der Waals surface area contributed by atoms with Gasteiger partial charge in [0.25, 0.3) is 0 Å². The van der Waals surface area contributed by atoms with E-state index < -0.39 is 60.6 Å². The summed E-state index contributed by atoms with van der Waals surface area (Å²) in [5.41, 5.74) is 6.20. The summed E-state index contributed by atoms with van der Waals surface area (Å²) in [6.07, 6.45) is -4.73. The van der Waals surface area contributed by atoms with Crippen molar-refractivity contribution in [3.05, 3.63) is 0 Å². The van der Waals surface area contributed by atoms with E-state index in [0.717, 1.165) is 0 Å². The van der Waals surface area contributed by atoms with Gasteiger partial charge < -0.3 is 51.1 Å². The predicted octanol–water partition coefficient (Wildman–Crippen LogP) is -13.1. The minimum atomic E-state index is -2.43. The number of carboxylic acids is 4. The number of rotatable bonds is 9. The van der Waals surface area contributed by atoms with E-state index in [-0.39, 0.29) is 76.2 Å². The molecule has 0 aromatic carbocycles. The van der Waals surface area contributed by atoms with Gasteiger partial charge in [-0.3, -0.25) is 0 Å². The van der Waals surface area contributed by atoms with Gasteiger partial charge >= 0.3 is 76.2 Å². The molecule has 0 fully saturated rings. The van der Waals surface area contributed by atoms with Crippen LogP contribution in [0.5, 0.6) is 0 Å². The monoisotopic (exact) mass is 390 g/mol. The van der Waals surface area contributed by atoms with Crippen molar-refractivity contribution < 1.29 is 116 Å². The summed E-state index contributed by atoms with van der Waals surface area (Å²) >= 11 is 0. The van der Waals surface area contributed by atoms with Crippen LogP contribution in [-0.4, -0.2) is 35.0 Å². The molecule has 23 heavy (non-hydrogen) atoms. The Hall–Kier alpha value is 0.319. The zero-order valence-electron chi connectivity index (χ0n) is 12.6. The Kier molecular flexibility index (Phi) is 17.1. The zero-order valence-corrected chi connectivity index (χ0v) is 17.7. The topological polar surface area (TPSA) is 213 Å². The second kappa shape index (κ2) is 12.6. The van der Waals surface area contributed by atoms with Crippen LogP contribution < -0.4 is 91.0 Å². The summed E-state index contributed by atoms with van der Waals surface area (Å²) in [7, 11) is 0. The van der Waals surface area contributed by atoms with E-state index >= 15 is 0 Å². The molecule has 0 aliphatic heterocycles. The number of carbonyl (C=O) groups is 4. The van der Waals surface area contributed by atoms with Crippen LogP contribution >= 0.6 is 0 Å². The molecular weight excluding hydrogens is 378 g/mol. The molecule has 13 heteroatoms. The van der Waals surface area contributed by atoms with Crippen LogP contribution in [0.25, 0.3) is 0 Å². The fourth-order valence-electron chi connectivity index (χ4n) is 1.86. The molecule has 0 amide bonds. The van der Waals surface area contributed by atoms with E-state index in [1.165, 1.54) is 0 Å². The molecule has 10 nitrogen and oxygen atoms in total. The van der Waals surface area contributed by atoms with E-state index in [1.54, 1.807) is 0 Å². The van der Waals surface area contributed by atoms with Crippen molar-refractivity contribution >= 4 is 23.9 Å². The van der Waals surface area contributed by atoms with Crippen molar-refractivity contribution in [2.24, 2.45) is 11.5 Å². The number of hydrogen-bond donors (Lipinski definition) is 2. The van der Waals surface area contributed by atoms with E-state index in [0.29, 0.717) is 0 Å². The standard InChI is InChI=1S/C10H16N2O8.Fe.2Na/c11-9(1-5(13)14,2-6(15)16)10(12,3-7(17)18)4-8(19)20;;;/h1-4,11-12H2,(H,13,14)(H,15,16)(H,17,18)(H,19,20);;;/q;+2;2*+1/p-4. The van der Waals surface area contributed by atoms with E-state index in [2.05, 4.69) is 0 Å². The summed E-state index contributed by atoms with van der Waals surface area (Å²) in [6, 6.07) is 0. The number of aliphatic carboxylic acids is 4. The first-order valence-electron chi connectivity index (χ1n) is 5.29. The van der Waals surface area contributed by atoms with Crippen molar-refractivity contribution in [2.45, 2.75) is 36.8 Å². The van der Waals surface area contributed by atoms with Crippen molar-refractivity contribution in [1.82, 2.24) is 0 Å². The molecule has 0 bridgehead atoms. The molecule has 0 heterocycles. The molecule has 0 aromatic heterocycles. The maximum Gasteiger partial charge on any atom is 2.00 e. The first-order chi connectivity index (χ1) is 8.92. The first kappa shape index (κ1) is 31.1. The molecule has 0 saturated heterocycles. The molecule has 0 aliphatic carbocycles. The number of carboxylic acid groups (broad SMARTS) is 4. The van der Waals surface area contributed by atoms with Gasteiger partial charge in [0.2, 0.25) is 0 Å². The normalized spacial score (nSPS) is 10.3. The van der Waals surface area contributed by atoms with Gasteiger partial charge in [-0.15, -0.1) is 0 Å². The molecule has 0 aromatic rings. The molecule has 0 saturated carbocycles. The third kappa shape index (κ3) is 10.7. The Morgan fingerprint density at radius 2 is 0.739 bits per heavy atom. The summed E-state index contributed by atoms with van der Waals surface area (Å²) in [5, 5.41) is 42.5. The Bertz CT molecular complexity index is 377. The smallest absolute Gasteiger partial charge is 0.550 e. The van der Waals surface area contributed by atoms with Gasteiger partial charge in [0.1, 0.15) is 0 Å². The molecule has 0 atom stereocenters. The second-order valence-corrected chi connectivity index (χ2v) is 4.51. The quantitative estimate of drug-likeness (QED) is 0.355. The molecule has 0 rings (SSSR count). The van der Waals surface area contributed by atoms with Crippen LogP contribution in [0.3, 0.4) is 0 Å². The summed E-state index contributed by atoms with van der Waals surface area (Å²) in [4.78, 5) is 42.5. The molecule has 0 radical (unpaired) electrons. The van der Waals surface area contributed by atoms with Crippen LogP contribution in [0.15, 0.2) is 0 Å². The molecular formula is C10H12FeN2Na2O8. The van der Waals surface area contributed by atoms with Gasteiger partial charge in [-0.05, 0) is 0 Å². The van der Waals surface area contributed by atoms with Crippen LogP contribution in [0.4, 0.5) is 0 Å². The molecule has 120 valence electrons. The predicted molar refractivity (Wildman–Crippen MR) is 52.3 cm³/mol. The maximum absolute atomic E-state index is 10.6. The first-order valence-corrected chi connectivity index (χ1v) is 5.29. The Morgan fingerprint density at radius 1 is 0.609 bits per heavy atom. The number of carbonyl (C=O) groups excluding carboxylic acids is 4. The van der Waals surface area contributed by atoms with Crippen molar-refractivity contribution in [2.75, 3.05) is 0 Å². The third-order valence-electron chi connectivity index (χ3n) is 2.83. The van der Waals surface area contributed by atoms with E-state index in [1.807, 2.05) is 0 Å². The molecule has 4 N–H and O–H groups in total. The SMILES string of the molecule is NC(CC(=O)[O-])(CC(=O)[O-])C(N)(CC(=O)[O-])CC(=O)[O-].[Fe+2].[Na+].[Na+]. The van der Waals surface area contributed by atoms with Crippen LogP contribution in [-0.2, 0) is 36.2 Å². The fraction of sp³-hybridized carbons (Fsp3) is 0.600. The second-order valence-electron chi connectivity index (χ2n) is 4.51. The molecule has 0 spiro atoms. The van der Waals surface area contributed by atoms with Gasteiger partial charge in [-0.1, -0.05) is 0 Å². The minimum Gasteiger partial charge on any atom is -0.550 e. The van der Waals surface area contributed by atoms with Crippen molar-refractivity contribution in [1.29, 1.82) is 0 Å². The molecule has 0 aliphatic rings. The minimum absolute atomic E-state index is 0. The van der Waals surface area contributed by atoms with Gasteiger partial charge in [-0.2, -0.15) is 0 Å². The van der Waals surface area contributed by atoms with Gasteiger partial charge in [0.15, 0.2) is 0 Å². The largest absolute Gasteiger partial charge is 2.00 e. The van der Waals surface area contributed by atoms with E-state index in [4.69, 9.17) is 11.5 Å². The zero-order chi connectivity index (χ0) is 16.1. The summed E-state index contributed by atoms with van der Waals surface area (Å²) in [5.74, 6) is -7.33. The van der Waals surface area contributed by atoms with Gasteiger partial charge in [0.05, 0.1) is 0 Å². The van der Waals surface area contributed by atoms with Gasteiger partial charge in [0, 0.05) is 60.6 Å². The number of hydrogen-bond acceptors (Lipinski definition) is 10.